The molecule has 1 fully saturated rings. The summed E-state index contributed by atoms with van der Waals surface area (Å²) < 4.78 is 33.3. The summed E-state index contributed by atoms with van der Waals surface area (Å²) in [4.78, 5) is 15.0. The lowest BCUT2D eigenvalue weighted by Crippen LogP contribution is -2.28. The number of thiophene rings is 1. The van der Waals surface area contributed by atoms with Gasteiger partial charge in [0.25, 0.3) is 5.91 Å². The van der Waals surface area contributed by atoms with Crippen molar-refractivity contribution in [3.05, 3.63) is 39.6 Å². The Labute approximate surface area is 182 Å². The molecule has 0 saturated carbocycles. The second kappa shape index (κ2) is 9.08. The summed E-state index contributed by atoms with van der Waals surface area (Å²) in [5, 5.41) is 2.89. The first-order chi connectivity index (χ1) is 14.5. The Kier molecular flexibility index (Phi) is 6.46. The number of nitrogens with one attached hydrogen (secondary N) is 1. The summed E-state index contributed by atoms with van der Waals surface area (Å²) >= 11 is 1.55. The first-order valence-corrected chi connectivity index (χ1v) is 12.9. The fraction of sp³-hybridized carbons (Fsp3) is 0.500. The Morgan fingerprint density at radius 3 is 2.63 bits per heavy atom. The van der Waals surface area contributed by atoms with E-state index in [0.29, 0.717) is 36.0 Å². The fourth-order valence-corrected chi connectivity index (χ4v) is 6.92. The van der Waals surface area contributed by atoms with E-state index in [2.05, 4.69) is 5.32 Å². The number of nitrogens with zero attached hydrogens (tertiary/aromatic N) is 1. The summed E-state index contributed by atoms with van der Waals surface area (Å²) in [6.45, 7) is 3.23. The van der Waals surface area contributed by atoms with Crippen LogP contribution >= 0.6 is 11.3 Å². The van der Waals surface area contributed by atoms with Crippen LogP contribution in [0.1, 0.15) is 59.1 Å². The molecule has 0 spiro atoms. The van der Waals surface area contributed by atoms with Gasteiger partial charge in [0.15, 0.2) is 0 Å². The maximum Gasteiger partial charge on any atom is 0.265 e. The third-order valence-corrected chi connectivity index (χ3v) is 8.81. The van der Waals surface area contributed by atoms with E-state index in [9.17, 15) is 13.2 Å². The standard InChI is InChI=1S/C22H28N2O4S2/c1-2-28-18-11-10-17(15-21(18)30(26,27)24-12-6-7-13-24)23-22(25)20-14-16-8-4-3-5-9-19(16)29-20/h10-11,14-15H,2-9,12-13H2,1H3,(H,23,25). The van der Waals surface area contributed by atoms with Crippen LogP contribution in [0.15, 0.2) is 29.2 Å². The number of amides is 1. The van der Waals surface area contributed by atoms with Crippen LogP contribution in [0.4, 0.5) is 5.69 Å². The predicted octanol–water partition coefficient (Wildman–Crippen LogP) is 4.45. The molecule has 1 saturated heterocycles. The normalized spacial score (nSPS) is 17.4. The Morgan fingerprint density at radius 1 is 1.10 bits per heavy atom. The van der Waals surface area contributed by atoms with Gasteiger partial charge < -0.3 is 10.1 Å². The smallest absolute Gasteiger partial charge is 0.265 e. The molecule has 8 heteroatoms. The highest BCUT2D eigenvalue weighted by Gasteiger charge is 2.30. The number of anilines is 1. The van der Waals surface area contributed by atoms with E-state index >= 15 is 0 Å². The van der Waals surface area contributed by atoms with E-state index in [-0.39, 0.29) is 10.8 Å². The number of rotatable bonds is 6. The molecule has 1 amide bonds. The number of fused-ring (bicyclic) bond motifs is 1. The monoisotopic (exact) mass is 448 g/mol. The first-order valence-electron chi connectivity index (χ1n) is 10.7. The van der Waals surface area contributed by atoms with Gasteiger partial charge in [-0.2, -0.15) is 4.31 Å². The summed E-state index contributed by atoms with van der Waals surface area (Å²) in [7, 11) is -3.66. The molecule has 162 valence electrons. The van der Waals surface area contributed by atoms with E-state index in [0.717, 1.165) is 25.7 Å². The Morgan fingerprint density at radius 2 is 1.87 bits per heavy atom. The van der Waals surface area contributed by atoms with Crippen molar-refractivity contribution in [2.45, 2.75) is 56.8 Å². The molecule has 2 aromatic rings. The van der Waals surface area contributed by atoms with Crippen LogP contribution in [0.25, 0.3) is 0 Å². The maximum atomic E-state index is 13.1. The van der Waals surface area contributed by atoms with E-state index in [4.69, 9.17) is 4.74 Å². The SMILES string of the molecule is CCOc1ccc(NC(=O)c2cc3c(s2)CCCCC3)cc1S(=O)(=O)N1CCCC1. The largest absolute Gasteiger partial charge is 0.492 e. The molecular weight excluding hydrogens is 420 g/mol. The molecule has 1 aliphatic carbocycles. The highest BCUT2D eigenvalue weighted by Crippen LogP contribution is 2.33. The Hall–Kier alpha value is -1.90. The second-order valence-electron chi connectivity index (χ2n) is 7.78. The minimum atomic E-state index is -3.66. The molecule has 30 heavy (non-hydrogen) atoms. The topological polar surface area (TPSA) is 75.7 Å². The lowest BCUT2D eigenvalue weighted by molar-refractivity contribution is 0.103. The molecule has 1 aromatic carbocycles. The Balaban J connectivity index is 1.59. The van der Waals surface area contributed by atoms with Gasteiger partial charge in [0, 0.05) is 23.7 Å². The number of benzene rings is 1. The first kappa shape index (κ1) is 21.3. The molecular formula is C22H28N2O4S2. The van der Waals surface area contributed by atoms with Crippen molar-refractivity contribution in [2.24, 2.45) is 0 Å². The molecule has 2 aliphatic rings. The zero-order chi connectivity index (χ0) is 21.1. The van der Waals surface area contributed by atoms with Crippen LogP contribution in [0.2, 0.25) is 0 Å². The number of hydrogen-bond donors (Lipinski definition) is 1. The van der Waals surface area contributed by atoms with Crippen molar-refractivity contribution in [3.8, 4) is 5.75 Å². The number of hydrogen-bond acceptors (Lipinski definition) is 5. The number of sulfonamides is 1. The molecule has 2 heterocycles. The fourth-order valence-electron chi connectivity index (χ4n) is 4.10. The van der Waals surface area contributed by atoms with Crippen molar-refractivity contribution in [1.29, 1.82) is 0 Å². The molecule has 1 N–H and O–H groups in total. The average molecular weight is 449 g/mol. The van der Waals surface area contributed by atoms with Gasteiger partial charge in [0.05, 0.1) is 11.5 Å². The van der Waals surface area contributed by atoms with Gasteiger partial charge in [-0.3, -0.25) is 4.79 Å². The summed E-state index contributed by atoms with van der Waals surface area (Å²) in [5.74, 6) is 0.131. The second-order valence-corrected chi connectivity index (χ2v) is 10.8. The van der Waals surface area contributed by atoms with Crippen LogP contribution in [0, 0.1) is 0 Å². The van der Waals surface area contributed by atoms with E-state index in [1.165, 1.54) is 40.1 Å². The van der Waals surface area contributed by atoms with E-state index in [1.54, 1.807) is 23.5 Å². The molecule has 1 aliphatic heterocycles. The third kappa shape index (κ3) is 4.40. The van der Waals surface area contributed by atoms with Gasteiger partial charge in [-0.15, -0.1) is 11.3 Å². The minimum absolute atomic E-state index is 0.117. The van der Waals surface area contributed by atoms with Crippen molar-refractivity contribution in [3.63, 3.8) is 0 Å². The zero-order valence-electron chi connectivity index (χ0n) is 17.3. The number of carbonyl (C=O) groups excluding carboxylic acids is 1. The van der Waals surface area contributed by atoms with Gasteiger partial charge >= 0.3 is 0 Å². The third-order valence-electron chi connectivity index (χ3n) is 5.65. The lowest BCUT2D eigenvalue weighted by atomic mass is 10.1. The van der Waals surface area contributed by atoms with Crippen LogP contribution in [-0.2, 0) is 22.9 Å². The lowest BCUT2D eigenvalue weighted by Gasteiger charge is -2.19. The molecule has 0 atom stereocenters. The minimum Gasteiger partial charge on any atom is -0.492 e. The summed E-state index contributed by atoms with van der Waals surface area (Å²) in [6.07, 6.45) is 7.37. The molecule has 6 nitrogen and oxygen atoms in total. The molecule has 0 bridgehead atoms. The molecule has 1 aromatic heterocycles. The highest BCUT2D eigenvalue weighted by molar-refractivity contribution is 7.89. The zero-order valence-corrected chi connectivity index (χ0v) is 18.9. The summed E-state index contributed by atoms with van der Waals surface area (Å²) in [6, 6.07) is 6.85. The summed E-state index contributed by atoms with van der Waals surface area (Å²) in [5.41, 5.74) is 1.75. The van der Waals surface area contributed by atoms with Crippen molar-refractivity contribution in [2.75, 3.05) is 25.0 Å². The van der Waals surface area contributed by atoms with Crippen molar-refractivity contribution < 1.29 is 17.9 Å². The van der Waals surface area contributed by atoms with Gasteiger partial charge in [-0.05, 0) is 75.3 Å². The van der Waals surface area contributed by atoms with Crippen LogP contribution < -0.4 is 10.1 Å². The van der Waals surface area contributed by atoms with Gasteiger partial charge in [0.1, 0.15) is 10.6 Å². The molecule has 4 rings (SSSR count). The number of ether oxygens (including phenoxy) is 1. The van der Waals surface area contributed by atoms with Crippen molar-refractivity contribution in [1.82, 2.24) is 4.31 Å². The van der Waals surface area contributed by atoms with Crippen LogP contribution in [0.3, 0.4) is 0 Å². The molecule has 0 unspecified atom stereocenters. The quantitative estimate of drug-likeness (QED) is 0.663. The number of carbonyl (C=O) groups is 1. The van der Waals surface area contributed by atoms with Crippen LogP contribution in [-0.4, -0.2) is 38.3 Å². The predicted molar refractivity (Wildman–Crippen MR) is 119 cm³/mol. The van der Waals surface area contributed by atoms with Crippen molar-refractivity contribution >= 4 is 33.0 Å². The van der Waals surface area contributed by atoms with E-state index in [1.807, 2.05) is 13.0 Å². The Bertz CT molecular complexity index is 1000. The van der Waals surface area contributed by atoms with Crippen LogP contribution in [0.5, 0.6) is 5.75 Å². The van der Waals surface area contributed by atoms with Gasteiger partial charge in [-0.1, -0.05) is 6.42 Å². The number of aryl methyl sites for hydroxylation is 2. The average Bonchev–Trinajstić information content (AvgIpc) is 3.36. The highest BCUT2D eigenvalue weighted by atomic mass is 32.2. The maximum absolute atomic E-state index is 13.1. The molecule has 0 radical (unpaired) electrons. The van der Waals surface area contributed by atoms with Gasteiger partial charge in [-0.25, -0.2) is 8.42 Å². The van der Waals surface area contributed by atoms with E-state index < -0.39 is 10.0 Å². The van der Waals surface area contributed by atoms with Gasteiger partial charge in [0.2, 0.25) is 10.0 Å².